The molecule has 3 aliphatic rings. The van der Waals surface area contributed by atoms with Crippen molar-refractivity contribution in [1.29, 1.82) is 0 Å². The molecule has 28 heavy (non-hydrogen) atoms. The molecule has 0 bridgehead atoms. The van der Waals surface area contributed by atoms with Crippen LogP contribution in [0.4, 0.5) is 0 Å². The molecule has 0 amide bonds. The van der Waals surface area contributed by atoms with E-state index in [0.717, 1.165) is 15.2 Å². The first-order valence-electron chi connectivity index (χ1n) is 11.8. The molecule has 1 aromatic rings. The van der Waals surface area contributed by atoms with E-state index in [4.69, 9.17) is 0 Å². The summed E-state index contributed by atoms with van der Waals surface area (Å²) >= 11 is 5.97. The minimum atomic E-state index is -1.26. The molecular weight excluding hydrogens is 585 g/mol. The quantitative estimate of drug-likeness (QED) is 0.179. The Balaban J connectivity index is 1.91. The maximum atomic E-state index is 3.07. The summed E-state index contributed by atoms with van der Waals surface area (Å²) < 4.78 is 1.39. The molecule has 3 heteroatoms. The van der Waals surface area contributed by atoms with Crippen molar-refractivity contribution in [2.24, 2.45) is 0 Å². The molecule has 0 heterocycles. The van der Waals surface area contributed by atoms with Gasteiger partial charge in [-0.15, -0.1) is 0 Å². The van der Waals surface area contributed by atoms with Gasteiger partial charge in [-0.3, -0.25) is 0 Å². The van der Waals surface area contributed by atoms with Crippen LogP contribution in [0.5, 0.6) is 0 Å². The minimum Gasteiger partial charge on any atom is -0.0818 e. The van der Waals surface area contributed by atoms with Crippen molar-refractivity contribution in [1.82, 2.24) is 0 Å². The molecule has 2 unspecified atom stereocenters. The van der Waals surface area contributed by atoms with Crippen LogP contribution < -0.4 is 0 Å². The second kappa shape index (κ2) is 10.1. The Hall–Kier alpha value is 0.980. The van der Waals surface area contributed by atoms with Gasteiger partial charge in [0, 0.05) is 3.92 Å². The fourth-order valence-electron chi connectivity index (χ4n) is 6.54. The van der Waals surface area contributed by atoms with Crippen LogP contribution in [0, 0.1) is 0 Å². The summed E-state index contributed by atoms with van der Waals surface area (Å²) in [6.07, 6.45) is 20.8. The van der Waals surface area contributed by atoms with Crippen LogP contribution in [0.3, 0.4) is 0 Å². The lowest BCUT2D eigenvalue weighted by atomic mass is 9.98. The molecule has 2 atom stereocenters. The van der Waals surface area contributed by atoms with Crippen LogP contribution in [0.25, 0.3) is 0 Å². The van der Waals surface area contributed by atoms with Crippen LogP contribution >= 0.6 is 52.1 Å². The van der Waals surface area contributed by atoms with Gasteiger partial charge in [-0.1, -0.05) is 140 Å². The molecule has 0 radical (unpaired) electrons. The first-order valence-corrected chi connectivity index (χ1v) is 16.1. The average Bonchev–Trinajstić information content (AvgIpc) is 2.76. The van der Waals surface area contributed by atoms with Gasteiger partial charge in [-0.25, -0.2) is 0 Å². The summed E-state index contributed by atoms with van der Waals surface area (Å²) in [5.74, 6) is 2.96. The zero-order chi connectivity index (χ0) is 19.5. The van der Waals surface area contributed by atoms with E-state index in [0.29, 0.717) is 3.16 Å². The lowest BCUT2D eigenvalue weighted by Crippen LogP contribution is -2.44. The van der Waals surface area contributed by atoms with Gasteiger partial charge < -0.3 is 0 Å². The third kappa shape index (κ3) is 4.31. The molecular formula is C25H37I2P. The van der Waals surface area contributed by atoms with E-state index in [9.17, 15) is 0 Å². The molecule has 0 aliphatic heterocycles. The highest BCUT2D eigenvalue weighted by molar-refractivity contribution is 14.1. The second-order valence-corrected chi connectivity index (χ2v) is 18.0. The van der Waals surface area contributed by atoms with E-state index in [1.165, 1.54) is 95.5 Å². The topological polar surface area (TPSA) is 0 Å². The molecule has 0 nitrogen and oxygen atoms in total. The van der Waals surface area contributed by atoms with Gasteiger partial charge in [0.25, 0.3) is 0 Å². The van der Waals surface area contributed by atoms with Gasteiger partial charge in [0.05, 0.1) is 3.16 Å². The molecule has 0 aromatic heterocycles. The molecule has 0 spiro atoms. The van der Waals surface area contributed by atoms with Crippen LogP contribution in [0.2, 0.25) is 0 Å². The third-order valence-corrected chi connectivity index (χ3v) is 21.0. The third-order valence-electron chi connectivity index (χ3n) is 7.88. The van der Waals surface area contributed by atoms with Gasteiger partial charge in [-0.05, 0) is 55.4 Å². The van der Waals surface area contributed by atoms with Crippen LogP contribution in [0.15, 0.2) is 30.3 Å². The van der Waals surface area contributed by atoms with Crippen molar-refractivity contribution in [2.75, 3.05) is 0 Å². The van der Waals surface area contributed by atoms with Gasteiger partial charge >= 0.3 is 0 Å². The van der Waals surface area contributed by atoms with E-state index in [-0.39, 0.29) is 0 Å². The Bertz CT molecular complexity index is 651. The molecule has 3 saturated carbocycles. The summed E-state index contributed by atoms with van der Waals surface area (Å²) in [5.41, 5.74) is 3.53. The molecule has 4 rings (SSSR count). The van der Waals surface area contributed by atoms with Gasteiger partial charge in [0.15, 0.2) is 0 Å². The predicted molar refractivity (Wildman–Crippen MR) is 145 cm³/mol. The Morgan fingerprint density at radius 1 is 0.750 bits per heavy atom. The maximum absolute atomic E-state index is 3.07. The molecule has 156 valence electrons. The minimum absolute atomic E-state index is 0.531. The van der Waals surface area contributed by atoms with E-state index in [1.54, 1.807) is 0 Å². The Morgan fingerprint density at radius 3 is 1.82 bits per heavy atom. The number of alkyl halides is 2. The number of rotatable bonds is 4. The molecule has 0 saturated heterocycles. The van der Waals surface area contributed by atoms with Crippen molar-refractivity contribution in [2.45, 2.75) is 108 Å². The number of halogens is 2. The summed E-state index contributed by atoms with van der Waals surface area (Å²) in [5, 5.41) is 0. The molecule has 1 aromatic carbocycles. The lowest BCUT2D eigenvalue weighted by molar-refractivity contribution is 0.461. The fraction of sp³-hybridized carbons (Fsp3) is 0.720. The van der Waals surface area contributed by atoms with Crippen LogP contribution in [0.1, 0.15) is 95.5 Å². The number of benzene rings is 1. The normalized spacial score (nSPS) is 30.9. The Morgan fingerprint density at radius 2 is 1.29 bits per heavy atom. The standard InChI is InChI=1S/C25H37I2P/c26-24-18-10-11-19-25(24,27)28(22-14-6-2-7-15-22,23-16-8-3-9-17-23)20-21-12-4-1-5-13-21/h1,4-5,12-13,20,22-24H,2-3,6-11,14-19H2. The highest BCUT2D eigenvalue weighted by Gasteiger charge is 2.53. The monoisotopic (exact) mass is 622 g/mol. The van der Waals surface area contributed by atoms with Gasteiger partial charge in [0.2, 0.25) is 0 Å². The molecule has 0 N–H and O–H groups in total. The van der Waals surface area contributed by atoms with Gasteiger partial charge in [0.1, 0.15) is 0 Å². The van der Waals surface area contributed by atoms with Gasteiger partial charge in [-0.2, -0.15) is 0 Å². The Labute approximate surface area is 200 Å². The van der Waals surface area contributed by atoms with Crippen molar-refractivity contribution in [3.63, 3.8) is 0 Å². The van der Waals surface area contributed by atoms with Crippen molar-refractivity contribution in [3.05, 3.63) is 35.9 Å². The van der Waals surface area contributed by atoms with E-state index >= 15 is 0 Å². The number of hydrogen-bond donors (Lipinski definition) is 0. The highest BCUT2D eigenvalue weighted by atomic mass is 127. The summed E-state index contributed by atoms with van der Waals surface area (Å²) in [7, 11) is 0. The summed E-state index contributed by atoms with van der Waals surface area (Å²) in [4.78, 5) is 0. The van der Waals surface area contributed by atoms with E-state index < -0.39 is 6.89 Å². The SMILES string of the molecule is IC1CCCCC1(I)P(=Cc1ccccc1)(C1CCCCC1)C1CCCCC1. The van der Waals surface area contributed by atoms with Crippen molar-refractivity contribution >= 4 is 57.9 Å². The van der Waals surface area contributed by atoms with E-state index in [1.807, 2.05) is 0 Å². The number of hydrogen-bond acceptors (Lipinski definition) is 0. The molecule has 3 aliphatic carbocycles. The van der Waals surface area contributed by atoms with Crippen molar-refractivity contribution < 1.29 is 0 Å². The smallest absolute Gasteiger partial charge is 0.0539 e. The average molecular weight is 622 g/mol. The lowest BCUT2D eigenvalue weighted by Gasteiger charge is -2.57. The Kier molecular flexibility index (Phi) is 7.98. The largest absolute Gasteiger partial charge is 0.0818 e. The maximum Gasteiger partial charge on any atom is 0.0539 e. The van der Waals surface area contributed by atoms with E-state index in [2.05, 4.69) is 81.3 Å². The van der Waals surface area contributed by atoms with Crippen molar-refractivity contribution in [3.8, 4) is 0 Å². The van der Waals surface area contributed by atoms with Crippen LogP contribution in [-0.2, 0) is 0 Å². The summed E-state index contributed by atoms with van der Waals surface area (Å²) in [6, 6.07) is 11.5. The second-order valence-electron chi connectivity index (χ2n) is 9.49. The zero-order valence-electron chi connectivity index (χ0n) is 17.3. The summed E-state index contributed by atoms with van der Waals surface area (Å²) in [6.45, 7) is -1.26. The predicted octanol–water partition coefficient (Wildman–Crippen LogP) is 9.03. The first kappa shape index (κ1) is 22.2. The fourth-order valence-corrected chi connectivity index (χ4v) is 18.9. The molecule has 3 fully saturated rings. The zero-order valence-corrected chi connectivity index (χ0v) is 22.5. The highest BCUT2D eigenvalue weighted by Crippen LogP contribution is 2.77. The first-order chi connectivity index (χ1) is 13.7. The van der Waals surface area contributed by atoms with Crippen LogP contribution in [-0.4, -0.2) is 24.2 Å².